The van der Waals surface area contributed by atoms with Gasteiger partial charge in [0.15, 0.2) is 11.5 Å². The van der Waals surface area contributed by atoms with E-state index in [4.69, 9.17) is 17.3 Å². The number of pyridine rings is 1. The van der Waals surface area contributed by atoms with Crippen LogP contribution in [-0.4, -0.2) is 84.9 Å². The number of nitrogens with one attached hydrogen (secondary N) is 3. The first-order chi connectivity index (χ1) is 22.5. The summed E-state index contributed by atoms with van der Waals surface area (Å²) in [6.45, 7) is 1.67. The Labute approximate surface area is 271 Å². The van der Waals surface area contributed by atoms with Crippen molar-refractivity contribution in [2.24, 2.45) is 11.7 Å². The Bertz CT molecular complexity index is 1780. The Hall–Kier alpha value is -4.76. The molecule has 246 valence electrons. The summed E-state index contributed by atoms with van der Waals surface area (Å²) in [5.74, 6) is -1.05. The van der Waals surface area contributed by atoms with Crippen LogP contribution in [-0.2, 0) is 23.9 Å². The quantitative estimate of drug-likeness (QED) is 0.223. The number of alkyl halides is 3. The highest BCUT2D eigenvalue weighted by Gasteiger charge is 2.39. The number of piperazine rings is 1. The van der Waals surface area contributed by atoms with Gasteiger partial charge in [0.05, 0.1) is 28.0 Å². The van der Waals surface area contributed by atoms with Crippen molar-refractivity contribution in [3.05, 3.63) is 87.8 Å². The number of hydrogen-bond donors (Lipinski definition) is 4. The summed E-state index contributed by atoms with van der Waals surface area (Å²) in [5.41, 5.74) is 6.14. The Morgan fingerprint density at radius 1 is 1.04 bits per heavy atom. The molecule has 5 N–H and O–H groups in total. The Kier molecular flexibility index (Phi) is 9.01. The van der Waals surface area contributed by atoms with Crippen LogP contribution < -0.4 is 11.1 Å². The molecule has 47 heavy (non-hydrogen) atoms. The number of hydrogen-bond acceptors (Lipinski definition) is 7. The smallest absolute Gasteiger partial charge is 0.345 e. The molecule has 3 amide bonds. The number of benzene rings is 1. The van der Waals surface area contributed by atoms with Crippen molar-refractivity contribution in [3.63, 3.8) is 0 Å². The van der Waals surface area contributed by atoms with Crippen LogP contribution in [0.1, 0.15) is 56.3 Å². The van der Waals surface area contributed by atoms with Gasteiger partial charge < -0.3 is 25.8 Å². The van der Waals surface area contributed by atoms with E-state index in [1.807, 2.05) is 0 Å². The molecule has 6 rings (SSSR count). The van der Waals surface area contributed by atoms with Crippen LogP contribution in [0.5, 0.6) is 0 Å². The highest BCUT2D eigenvalue weighted by Crippen LogP contribution is 2.37. The Morgan fingerprint density at radius 3 is 2.45 bits per heavy atom. The summed E-state index contributed by atoms with van der Waals surface area (Å²) in [6, 6.07) is 8.28. The number of nitrogens with zero attached hydrogens (tertiary/aromatic N) is 5. The lowest BCUT2D eigenvalue weighted by atomic mass is 9.80. The minimum absolute atomic E-state index is 0.0143. The molecule has 1 aliphatic carbocycles. The lowest BCUT2D eigenvalue weighted by Gasteiger charge is -2.40. The van der Waals surface area contributed by atoms with E-state index < -0.39 is 17.8 Å². The fraction of sp³-hybridized carbons (Fsp3) is 0.355. The van der Waals surface area contributed by atoms with Gasteiger partial charge in [-0.2, -0.15) is 18.3 Å². The molecule has 1 aromatic carbocycles. The fourth-order valence-corrected chi connectivity index (χ4v) is 6.09. The fourth-order valence-electron chi connectivity index (χ4n) is 5.80. The van der Waals surface area contributed by atoms with E-state index in [1.54, 1.807) is 46.3 Å². The molecule has 0 unspecified atom stereocenters. The molecule has 16 heteroatoms. The highest BCUT2D eigenvalue weighted by molar-refractivity contribution is 6.33. The third-order valence-electron chi connectivity index (χ3n) is 8.39. The number of halogens is 4. The molecule has 1 aliphatic heterocycles. The van der Waals surface area contributed by atoms with Crippen LogP contribution in [0.25, 0.3) is 11.3 Å². The Balaban J connectivity index is 1.07. The SMILES string of the molecule is NC1CC(C(=O)N2CCN(C(=O)c3ccc(CNC(=O)c4ncc(-c5c(C(F)(F)F)n[nH]c5Cc5cccnc5)[nH]4)cc3Cl)CC2)C1. The number of amides is 3. The van der Waals surface area contributed by atoms with E-state index in [9.17, 15) is 27.6 Å². The van der Waals surface area contributed by atoms with Crippen molar-refractivity contribution >= 4 is 29.3 Å². The third kappa shape index (κ3) is 7.00. The lowest BCUT2D eigenvalue weighted by Crippen LogP contribution is -2.54. The average Bonchev–Trinajstić information content (AvgIpc) is 3.70. The number of imidazole rings is 1. The molecular formula is C31H31ClF3N9O3. The molecule has 0 radical (unpaired) electrons. The van der Waals surface area contributed by atoms with Gasteiger partial charge >= 0.3 is 6.18 Å². The maximum Gasteiger partial charge on any atom is 0.435 e. The maximum atomic E-state index is 13.8. The number of carbonyl (C=O) groups excluding carboxylic acids is 3. The molecule has 2 fully saturated rings. The van der Waals surface area contributed by atoms with Gasteiger partial charge in [0.2, 0.25) is 5.91 Å². The van der Waals surface area contributed by atoms with Gasteiger partial charge in [-0.15, -0.1) is 0 Å². The standard InChI is InChI=1S/C31H31ClF3N9O3/c32-22-10-18(3-4-21(22)30(47)44-8-6-43(7-9-44)29(46)19-12-20(36)13-19)15-39-28(45)27-38-16-24(40-27)25-23(11-17-2-1-5-37-14-17)41-42-26(25)31(33,34)35/h1-5,10,14,16,19-20H,6-9,11-13,15,36H2,(H,38,40)(H,39,45)(H,41,42). The van der Waals surface area contributed by atoms with Crippen molar-refractivity contribution in [3.8, 4) is 11.3 Å². The topological polar surface area (TPSA) is 166 Å². The van der Waals surface area contributed by atoms with Crippen LogP contribution in [0.15, 0.2) is 48.9 Å². The third-order valence-corrected chi connectivity index (χ3v) is 8.71. The minimum atomic E-state index is -4.75. The molecule has 4 heterocycles. The van der Waals surface area contributed by atoms with Crippen molar-refractivity contribution < 1.29 is 27.6 Å². The average molecular weight is 670 g/mol. The van der Waals surface area contributed by atoms with Gasteiger partial charge in [-0.3, -0.25) is 24.5 Å². The van der Waals surface area contributed by atoms with Gasteiger partial charge in [-0.1, -0.05) is 23.7 Å². The van der Waals surface area contributed by atoms with E-state index in [0.29, 0.717) is 55.7 Å². The summed E-state index contributed by atoms with van der Waals surface area (Å²) in [5, 5.41) is 8.82. The molecule has 0 bridgehead atoms. The summed E-state index contributed by atoms with van der Waals surface area (Å²) < 4.78 is 41.4. The number of H-pyrrole nitrogens is 2. The van der Waals surface area contributed by atoms with E-state index >= 15 is 0 Å². The lowest BCUT2D eigenvalue weighted by molar-refractivity contribution is -0.141. The zero-order valence-electron chi connectivity index (χ0n) is 25.0. The molecule has 0 spiro atoms. The van der Waals surface area contributed by atoms with Gasteiger partial charge in [-0.25, -0.2) is 4.98 Å². The second kappa shape index (κ2) is 13.2. The summed E-state index contributed by atoms with van der Waals surface area (Å²) in [6.07, 6.45) is 0.988. The van der Waals surface area contributed by atoms with Crippen molar-refractivity contribution in [1.29, 1.82) is 0 Å². The Morgan fingerprint density at radius 2 is 1.79 bits per heavy atom. The molecule has 0 atom stereocenters. The van der Waals surface area contributed by atoms with E-state index in [-0.39, 0.29) is 64.5 Å². The van der Waals surface area contributed by atoms with Crippen LogP contribution in [0.2, 0.25) is 5.02 Å². The second-order valence-electron chi connectivity index (χ2n) is 11.6. The van der Waals surface area contributed by atoms with Crippen LogP contribution in [0, 0.1) is 5.92 Å². The molecule has 12 nitrogen and oxygen atoms in total. The highest BCUT2D eigenvalue weighted by atomic mass is 35.5. The van der Waals surface area contributed by atoms with E-state index in [0.717, 1.165) is 6.20 Å². The van der Waals surface area contributed by atoms with E-state index in [2.05, 4.69) is 30.5 Å². The molecular weight excluding hydrogens is 639 g/mol. The molecule has 1 saturated heterocycles. The number of rotatable bonds is 8. The molecule has 4 aromatic rings. The number of nitrogens with two attached hydrogens (primary N) is 1. The normalized spacial score (nSPS) is 18.1. The van der Waals surface area contributed by atoms with Crippen molar-refractivity contribution in [2.75, 3.05) is 26.2 Å². The zero-order chi connectivity index (χ0) is 33.3. The summed E-state index contributed by atoms with van der Waals surface area (Å²) >= 11 is 6.46. The predicted octanol–water partition coefficient (Wildman–Crippen LogP) is 3.41. The first-order valence-corrected chi connectivity index (χ1v) is 15.3. The van der Waals surface area contributed by atoms with Crippen LogP contribution in [0.3, 0.4) is 0 Å². The predicted molar refractivity (Wildman–Crippen MR) is 164 cm³/mol. The van der Waals surface area contributed by atoms with Gasteiger partial charge in [-0.05, 0) is 42.2 Å². The van der Waals surface area contributed by atoms with Crippen molar-refractivity contribution in [2.45, 2.75) is 38.0 Å². The molecule has 2 aliphatic rings. The van der Waals surface area contributed by atoms with Crippen molar-refractivity contribution in [1.82, 2.24) is 40.3 Å². The zero-order valence-corrected chi connectivity index (χ0v) is 25.7. The van der Waals surface area contributed by atoms with E-state index in [1.165, 1.54) is 6.20 Å². The van der Waals surface area contributed by atoms with Gasteiger partial charge in [0.25, 0.3) is 11.8 Å². The number of carbonyl (C=O) groups is 3. The first-order valence-electron chi connectivity index (χ1n) is 15.0. The largest absolute Gasteiger partial charge is 0.435 e. The van der Waals surface area contributed by atoms with Gasteiger partial charge in [0.1, 0.15) is 0 Å². The summed E-state index contributed by atoms with van der Waals surface area (Å²) in [4.78, 5) is 52.8. The van der Waals surface area contributed by atoms with Crippen LogP contribution in [0.4, 0.5) is 13.2 Å². The maximum absolute atomic E-state index is 13.8. The molecule has 3 aromatic heterocycles. The van der Waals surface area contributed by atoms with Crippen LogP contribution >= 0.6 is 11.6 Å². The minimum Gasteiger partial charge on any atom is -0.345 e. The monoisotopic (exact) mass is 669 g/mol. The number of aromatic nitrogens is 5. The second-order valence-corrected chi connectivity index (χ2v) is 12.1. The van der Waals surface area contributed by atoms with Gasteiger partial charge in [0, 0.05) is 69.2 Å². The molecule has 1 saturated carbocycles. The summed E-state index contributed by atoms with van der Waals surface area (Å²) in [7, 11) is 0. The first kappa shape index (κ1) is 32.2. The number of aromatic amines is 2.